The number of primary amides is 1. The number of carbonyl (C=O) groups excluding carboxylic acids is 2. The predicted octanol–water partition coefficient (Wildman–Crippen LogP) is 2.66. The van der Waals surface area contributed by atoms with Crippen LogP contribution in [0.1, 0.15) is 30.6 Å². The fraction of sp³-hybridized carbons (Fsp3) is 0.222. The van der Waals surface area contributed by atoms with Crippen molar-refractivity contribution in [2.45, 2.75) is 25.0 Å². The molecule has 5 heteroatoms. The maximum Gasteiger partial charge on any atom is 0.405 e. The lowest BCUT2D eigenvalue weighted by Gasteiger charge is -2.31. The molecule has 0 fully saturated rings. The van der Waals surface area contributed by atoms with E-state index in [0.29, 0.717) is 17.5 Å². The molecule has 0 aliphatic rings. The monoisotopic (exact) mass is 312 g/mol. The first-order chi connectivity index (χ1) is 11.0. The quantitative estimate of drug-likeness (QED) is 0.857. The predicted molar refractivity (Wildman–Crippen MR) is 87.5 cm³/mol. The lowest BCUT2D eigenvalue weighted by atomic mass is 9.80. The summed E-state index contributed by atoms with van der Waals surface area (Å²) in [4.78, 5) is 24.3. The topological polar surface area (TPSA) is 95.4 Å². The highest BCUT2D eigenvalue weighted by Crippen LogP contribution is 2.31. The fourth-order valence-electron chi connectivity index (χ4n) is 2.51. The molecule has 0 aliphatic carbocycles. The van der Waals surface area contributed by atoms with Crippen LogP contribution in [-0.4, -0.2) is 11.9 Å². The van der Waals surface area contributed by atoms with Gasteiger partial charge in [-0.3, -0.25) is 4.79 Å². The third-order valence-corrected chi connectivity index (χ3v) is 3.86. The van der Waals surface area contributed by atoms with Gasteiger partial charge < -0.3 is 16.2 Å². The number of Topliss-reactive ketones (excluding diaryl/α,β-unsaturated/α-hetero) is 1. The molecule has 0 saturated heterocycles. The van der Waals surface area contributed by atoms with Crippen LogP contribution in [0, 0.1) is 0 Å². The number of carbonyl (C=O) groups is 2. The molecule has 0 bridgehead atoms. The molecule has 2 aromatic carbocycles. The van der Waals surface area contributed by atoms with Crippen molar-refractivity contribution in [1.29, 1.82) is 0 Å². The van der Waals surface area contributed by atoms with Crippen LogP contribution in [0.2, 0.25) is 0 Å². The summed E-state index contributed by atoms with van der Waals surface area (Å²) in [5, 5.41) is 0. The van der Waals surface area contributed by atoms with E-state index in [4.69, 9.17) is 16.2 Å². The maximum absolute atomic E-state index is 13.1. The molecule has 2 unspecified atom stereocenters. The van der Waals surface area contributed by atoms with Crippen LogP contribution >= 0.6 is 0 Å². The summed E-state index contributed by atoms with van der Waals surface area (Å²) in [5.41, 5.74) is 11.5. The highest BCUT2D eigenvalue weighted by Gasteiger charge is 2.41. The molecular weight excluding hydrogens is 292 g/mol. The van der Waals surface area contributed by atoms with Crippen LogP contribution in [-0.2, 0) is 15.1 Å². The van der Waals surface area contributed by atoms with E-state index in [0.717, 1.165) is 0 Å². The molecule has 0 radical (unpaired) electrons. The normalized spacial score (nSPS) is 14.5. The number of ketones is 1. The van der Waals surface area contributed by atoms with Gasteiger partial charge in [0.2, 0.25) is 5.78 Å². The standard InChI is InChI=1S/C18H20N2O3/c1-2-18(20,14-11-7-4-8-12-14)16(21)15(23-17(19)22)13-9-5-3-6-10-13/h3-12,15H,2,20H2,1H3,(H2,19,22). The van der Waals surface area contributed by atoms with Crippen molar-refractivity contribution in [3.63, 3.8) is 0 Å². The number of nitrogens with two attached hydrogens (primary N) is 2. The van der Waals surface area contributed by atoms with E-state index < -0.39 is 23.5 Å². The fourth-order valence-corrected chi connectivity index (χ4v) is 2.51. The van der Waals surface area contributed by atoms with Gasteiger partial charge in [0.05, 0.1) is 0 Å². The van der Waals surface area contributed by atoms with Crippen molar-refractivity contribution in [2.75, 3.05) is 0 Å². The number of amides is 1. The Kier molecular flexibility index (Phi) is 5.13. The van der Waals surface area contributed by atoms with Crippen LogP contribution in [0.3, 0.4) is 0 Å². The first kappa shape index (κ1) is 16.7. The molecule has 0 heterocycles. The Morgan fingerprint density at radius 2 is 1.57 bits per heavy atom. The van der Waals surface area contributed by atoms with Crippen molar-refractivity contribution in [2.24, 2.45) is 11.5 Å². The third-order valence-electron chi connectivity index (χ3n) is 3.86. The summed E-state index contributed by atoms with van der Waals surface area (Å²) in [5.74, 6) is -0.406. The van der Waals surface area contributed by atoms with Crippen molar-refractivity contribution in [3.05, 3.63) is 71.8 Å². The summed E-state index contributed by atoms with van der Waals surface area (Å²) in [6, 6.07) is 17.8. The van der Waals surface area contributed by atoms with Gasteiger partial charge in [0.15, 0.2) is 6.10 Å². The summed E-state index contributed by atoms with van der Waals surface area (Å²) in [6.07, 6.45) is -1.79. The zero-order valence-corrected chi connectivity index (χ0v) is 12.9. The van der Waals surface area contributed by atoms with Gasteiger partial charge in [-0.2, -0.15) is 0 Å². The number of hydrogen-bond acceptors (Lipinski definition) is 4. The summed E-state index contributed by atoms with van der Waals surface area (Å²) < 4.78 is 5.08. The summed E-state index contributed by atoms with van der Waals surface area (Å²) in [6.45, 7) is 1.82. The molecule has 2 rings (SSSR count). The van der Waals surface area contributed by atoms with E-state index >= 15 is 0 Å². The van der Waals surface area contributed by atoms with Gasteiger partial charge in [-0.1, -0.05) is 67.6 Å². The zero-order chi connectivity index (χ0) is 16.9. The van der Waals surface area contributed by atoms with E-state index in [1.807, 2.05) is 31.2 Å². The van der Waals surface area contributed by atoms with E-state index in [1.165, 1.54) is 0 Å². The van der Waals surface area contributed by atoms with Crippen LogP contribution < -0.4 is 11.5 Å². The summed E-state index contributed by atoms with van der Waals surface area (Å²) in [7, 11) is 0. The molecule has 0 spiro atoms. The van der Waals surface area contributed by atoms with Gasteiger partial charge >= 0.3 is 6.09 Å². The van der Waals surface area contributed by atoms with Crippen LogP contribution in [0.5, 0.6) is 0 Å². The Bertz CT molecular complexity index is 673. The van der Waals surface area contributed by atoms with E-state index in [2.05, 4.69) is 0 Å². The number of hydrogen-bond donors (Lipinski definition) is 2. The minimum absolute atomic E-state index is 0.362. The molecule has 120 valence electrons. The minimum Gasteiger partial charge on any atom is -0.433 e. The molecule has 2 aromatic rings. The molecule has 4 N–H and O–H groups in total. The van der Waals surface area contributed by atoms with Crippen LogP contribution in [0.4, 0.5) is 4.79 Å². The largest absolute Gasteiger partial charge is 0.433 e. The lowest BCUT2D eigenvalue weighted by molar-refractivity contribution is -0.133. The first-order valence-corrected chi connectivity index (χ1v) is 7.38. The molecule has 2 atom stereocenters. The van der Waals surface area contributed by atoms with Gasteiger partial charge in [0, 0.05) is 5.56 Å². The van der Waals surface area contributed by atoms with Crippen molar-refractivity contribution in [3.8, 4) is 0 Å². The first-order valence-electron chi connectivity index (χ1n) is 7.38. The molecule has 0 aromatic heterocycles. The Balaban J connectivity index is 2.45. The Hall–Kier alpha value is -2.66. The number of ether oxygens (including phenoxy) is 1. The molecule has 1 amide bonds. The average Bonchev–Trinajstić information content (AvgIpc) is 2.59. The second-order valence-electron chi connectivity index (χ2n) is 5.28. The van der Waals surface area contributed by atoms with E-state index in [9.17, 15) is 9.59 Å². The molecular formula is C18H20N2O3. The highest BCUT2D eigenvalue weighted by atomic mass is 16.6. The maximum atomic E-state index is 13.1. The summed E-state index contributed by atoms with van der Waals surface area (Å²) >= 11 is 0. The van der Waals surface area contributed by atoms with E-state index in [-0.39, 0.29) is 0 Å². The molecule has 5 nitrogen and oxygen atoms in total. The van der Waals surface area contributed by atoms with Crippen molar-refractivity contribution < 1.29 is 14.3 Å². The Labute approximate surface area is 135 Å². The van der Waals surface area contributed by atoms with Gasteiger partial charge in [0.1, 0.15) is 5.54 Å². The molecule has 0 aliphatic heterocycles. The average molecular weight is 312 g/mol. The smallest absolute Gasteiger partial charge is 0.405 e. The zero-order valence-electron chi connectivity index (χ0n) is 12.9. The Morgan fingerprint density at radius 1 is 1.04 bits per heavy atom. The molecule has 23 heavy (non-hydrogen) atoms. The van der Waals surface area contributed by atoms with Gasteiger partial charge in [-0.05, 0) is 12.0 Å². The number of rotatable bonds is 6. The Morgan fingerprint density at radius 3 is 2.04 bits per heavy atom. The van der Waals surface area contributed by atoms with Gasteiger partial charge in [-0.25, -0.2) is 4.79 Å². The highest BCUT2D eigenvalue weighted by molar-refractivity contribution is 5.95. The second-order valence-corrected chi connectivity index (χ2v) is 5.28. The van der Waals surface area contributed by atoms with Crippen LogP contribution in [0.15, 0.2) is 60.7 Å². The molecule has 0 saturated carbocycles. The number of benzene rings is 2. The van der Waals surface area contributed by atoms with Crippen molar-refractivity contribution >= 4 is 11.9 Å². The van der Waals surface area contributed by atoms with Crippen LogP contribution in [0.25, 0.3) is 0 Å². The van der Waals surface area contributed by atoms with Gasteiger partial charge in [-0.15, -0.1) is 0 Å². The second kappa shape index (κ2) is 7.07. The van der Waals surface area contributed by atoms with Gasteiger partial charge in [0.25, 0.3) is 0 Å². The van der Waals surface area contributed by atoms with Crippen molar-refractivity contribution in [1.82, 2.24) is 0 Å². The minimum atomic E-state index is -1.27. The lowest BCUT2D eigenvalue weighted by Crippen LogP contribution is -2.48. The van der Waals surface area contributed by atoms with E-state index in [1.54, 1.807) is 36.4 Å². The SMILES string of the molecule is CCC(N)(C(=O)C(OC(N)=O)c1ccccc1)c1ccccc1. The third kappa shape index (κ3) is 3.57.